The summed E-state index contributed by atoms with van der Waals surface area (Å²) < 4.78 is 5.27. The maximum absolute atomic E-state index is 11.7. The number of methoxy groups -OCH3 is 1. The van der Waals surface area contributed by atoms with Gasteiger partial charge in [-0.1, -0.05) is 25.0 Å². The predicted octanol–water partition coefficient (Wildman–Crippen LogP) is 2.77. The van der Waals surface area contributed by atoms with Crippen LogP contribution in [-0.2, 0) is 10.4 Å². The lowest BCUT2D eigenvalue weighted by atomic mass is 9.71. The lowest BCUT2D eigenvalue weighted by Crippen LogP contribution is -2.45. The smallest absolute Gasteiger partial charge is 0.237 e. The summed E-state index contributed by atoms with van der Waals surface area (Å²) in [5.74, 6) is 0.604. The van der Waals surface area contributed by atoms with Gasteiger partial charge in [-0.25, -0.2) is 0 Å². The minimum absolute atomic E-state index is 0.00511. The number of benzene rings is 1. The van der Waals surface area contributed by atoms with Gasteiger partial charge in [0.2, 0.25) is 5.91 Å². The highest BCUT2D eigenvalue weighted by molar-refractivity contribution is 6.27. The van der Waals surface area contributed by atoms with Crippen molar-refractivity contribution in [2.45, 2.75) is 31.3 Å². The van der Waals surface area contributed by atoms with Crippen LogP contribution in [0.15, 0.2) is 24.3 Å². The molecule has 122 valence electrons. The number of aliphatic hydroxyl groups is 1. The third-order valence-electron chi connectivity index (χ3n) is 4.64. The van der Waals surface area contributed by atoms with Crippen molar-refractivity contribution in [2.75, 3.05) is 26.6 Å². The first kappa shape index (κ1) is 17.1. The Morgan fingerprint density at radius 2 is 2.27 bits per heavy atom. The van der Waals surface area contributed by atoms with Crippen molar-refractivity contribution in [2.24, 2.45) is 5.92 Å². The van der Waals surface area contributed by atoms with Gasteiger partial charge in [0.1, 0.15) is 11.6 Å². The van der Waals surface area contributed by atoms with E-state index in [1.165, 1.54) is 0 Å². The number of carbonyl (C=O) groups excluding carboxylic acids is 1. The summed E-state index contributed by atoms with van der Waals surface area (Å²) in [5.41, 5.74) is -0.0588. The van der Waals surface area contributed by atoms with Crippen molar-refractivity contribution in [3.8, 4) is 5.75 Å². The quantitative estimate of drug-likeness (QED) is 0.847. The number of alkyl halides is 1. The van der Waals surface area contributed by atoms with Crippen LogP contribution < -0.4 is 4.74 Å². The zero-order valence-electron chi connectivity index (χ0n) is 13.2. The second-order valence-electron chi connectivity index (χ2n) is 6.01. The molecule has 0 aliphatic heterocycles. The molecule has 2 unspecified atom stereocenters. The molecule has 1 aromatic carbocycles. The molecule has 22 heavy (non-hydrogen) atoms. The number of ether oxygens (including phenoxy) is 1. The average molecular weight is 326 g/mol. The predicted molar refractivity (Wildman–Crippen MR) is 87.2 cm³/mol. The SMILES string of the molecule is COc1cccc(C2(O)CCCCC2CN(C)C(=O)CCl)c1. The molecule has 0 aromatic heterocycles. The third kappa shape index (κ3) is 3.55. The molecule has 1 saturated carbocycles. The van der Waals surface area contributed by atoms with Crippen LogP contribution in [0.3, 0.4) is 0 Å². The van der Waals surface area contributed by atoms with Gasteiger partial charge in [0.05, 0.1) is 12.7 Å². The largest absolute Gasteiger partial charge is 0.497 e. The second-order valence-corrected chi connectivity index (χ2v) is 6.27. The first-order chi connectivity index (χ1) is 10.5. The van der Waals surface area contributed by atoms with E-state index in [9.17, 15) is 9.90 Å². The van der Waals surface area contributed by atoms with E-state index in [0.29, 0.717) is 13.0 Å². The van der Waals surface area contributed by atoms with Gasteiger partial charge in [0.25, 0.3) is 0 Å². The first-order valence-electron chi connectivity index (χ1n) is 7.68. The molecule has 2 rings (SSSR count). The Hall–Kier alpha value is -1.26. The summed E-state index contributed by atoms with van der Waals surface area (Å²) in [4.78, 5) is 13.3. The van der Waals surface area contributed by atoms with Crippen molar-refractivity contribution in [1.82, 2.24) is 4.90 Å². The molecule has 1 N–H and O–H groups in total. The fraction of sp³-hybridized carbons (Fsp3) is 0.588. The lowest BCUT2D eigenvalue weighted by molar-refractivity contribution is -0.130. The van der Waals surface area contributed by atoms with E-state index in [4.69, 9.17) is 16.3 Å². The molecule has 5 heteroatoms. The summed E-state index contributed by atoms with van der Waals surface area (Å²) in [6.07, 6.45) is 3.65. The zero-order valence-corrected chi connectivity index (χ0v) is 14.0. The van der Waals surface area contributed by atoms with Crippen LogP contribution >= 0.6 is 11.6 Å². The van der Waals surface area contributed by atoms with Crippen LogP contribution in [0.2, 0.25) is 0 Å². The molecular formula is C17H24ClNO3. The van der Waals surface area contributed by atoms with Crippen LogP contribution in [-0.4, -0.2) is 42.5 Å². The van der Waals surface area contributed by atoms with Crippen LogP contribution in [0.1, 0.15) is 31.2 Å². The summed E-state index contributed by atoms with van der Waals surface area (Å²) in [7, 11) is 3.36. The average Bonchev–Trinajstić information content (AvgIpc) is 2.56. The van der Waals surface area contributed by atoms with Crippen LogP contribution in [0.5, 0.6) is 5.75 Å². The number of hydrogen-bond donors (Lipinski definition) is 1. The highest BCUT2D eigenvalue weighted by atomic mass is 35.5. The molecule has 1 aromatic rings. The minimum atomic E-state index is -0.923. The normalized spacial score (nSPS) is 24.8. The summed E-state index contributed by atoms with van der Waals surface area (Å²) in [5, 5.41) is 11.3. The molecule has 4 nitrogen and oxygen atoms in total. The van der Waals surface area contributed by atoms with E-state index in [1.54, 1.807) is 19.1 Å². The molecule has 0 heterocycles. The Morgan fingerprint density at radius 3 is 2.95 bits per heavy atom. The van der Waals surface area contributed by atoms with Gasteiger partial charge in [-0.05, 0) is 30.5 Å². The van der Waals surface area contributed by atoms with Crippen molar-refractivity contribution < 1.29 is 14.6 Å². The van der Waals surface area contributed by atoms with E-state index in [2.05, 4.69) is 0 Å². The second kappa shape index (κ2) is 7.34. The molecule has 0 radical (unpaired) electrons. The number of hydrogen-bond acceptors (Lipinski definition) is 3. The van der Waals surface area contributed by atoms with Gasteiger partial charge in [0.15, 0.2) is 0 Å². The Balaban J connectivity index is 2.25. The van der Waals surface area contributed by atoms with Gasteiger partial charge in [-0.3, -0.25) is 4.79 Å². The van der Waals surface area contributed by atoms with Crippen LogP contribution in [0, 0.1) is 5.92 Å². The fourth-order valence-corrected chi connectivity index (χ4v) is 3.48. The maximum atomic E-state index is 11.7. The molecule has 1 fully saturated rings. The monoisotopic (exact) mass is 325 g/mol. The number of carbonyl (C=O) groups is 1. The maximum Gasteiger partial charge on any atom is 0.237 e. The molecule has 0 spiro atoms. The van der Waals surface area contributed by atoms with Gasteiger partial charge in [-0.2, -0.15) is 0 Å². The minimum Gasteiger partial charge on any atom is -0.497 e. The summed E-state index contributed by atoms with van der Waals surface area (Å²) >= 11 is 5.62. The molecule has 1 aliphatic rings. The number of amides is 1. The van der Waals surface area contributed by atoms with E-state index in [0.717, 1.165) is 30.6 Å². The van der Waals surface area contributed by atoms with E-state index in [1.807, 2.05) is 24.3 Å². The van der Waals surface area contributed by atoms with E-state index < -0.39 is 5.60 Å². The lowest BCUT2D eigenvalue weighted by Gasteiger charge is -2.42. The van der Waals surface area contributed by atoms with Crippen molar-refractivity contribution in [3.63, 3.8) is 0 Å². The van der Waals surface area contributed by atoms with Gasteiger partial charge < -0.3 is 14.7 Å². The Labute approximate surface area is 137 Å². The van der Waals surface area contributed by atoms with Gasteiger partial charge in [-0.15, -0.1) is 11.6 Å². The van der Waals surface area contributed by atoms with Gasteiger partial charge >= 0.3 is 0 Å². The topological polar surface area (TPSA) is 49.8 Å². The highest BCUT2D eigenvalue weighted by Gasteiger charge is 2.41. The van der Waals surface area contributed by atoms with E-state index in [-0.39, 0.29) is 17.7 Å². The zero-order chi connectivity index (χ0) is 16.2. The third-order valence-corrected chi connectivity index (χ3v) is 4.87. The first-order valence-corrected chi connectivity index (χ1v) is 8.21. The number of rotatable bonds is 5. The fourth-order valence-electron chi connectivity index (χ4n) is 3.28. The molecular weight excluding hydrogens is 302 g/mol. The molecule has 0 saturated heterocycles. The van der Waals surface area contributed by atoms with Crippen LogP contribution in [0.25, 0.3) is 0 Å². The Kier molecular flexibility index (Phi) is 5.70. The molecule has 1 amide bonds. The van der Waals surface area contributed by atoms with Crippen molar-refractivity contribution in [3.05, 3.63) is 29.8 Å². The molecule has 1 aliphatic carbocycles. The summed E-state index contributed by atoms with van der Waals surface area (Å²) in [6, 6.07) is 7.59. The van der Waals surface area contributed by atoms with Crippen molar-refractivity contribution >= 4 is 17.5 Å². The summed E-state index contributed by atoms with van der Waals surface area (Å²) in [6.45, 7) is 0.513. The Morgan fingerprint density at radius 1 is 1.50 bits per heavy atom. The molecule has 0 bridgehead atoms. The number of nitrogens with zero attached hydrogens (tertiary/aromatic N) is 1. The van der Waals surface area contributed by atoms with Gasteiger partial charge in [0, 0.05) is 19.5 Å². The Bertz CT molecular complexity index is 522. The van der Waals surface area contributed by atoms with E-state index >= 15 is 0 Å². The standard InChI is InChI=1S/C17H24ClNO3/c1-19(16(20)11-18)12-14-6-3-4-9-17(14,21)13-7-5-8-15(10-13)22-2/h5,7-8,10,14,21H,3-4,6,9,11-12H2,1-2H3. The molecule has 2 atom stereocenters. The van der Waals surface area contributed by atoms with Crippen LogP contribution in [0.4, 0.5) is 0 Å². The number of halogens is 1. The van der Waals surface area contributed by atoms with Crippen molar-refractivity contribution in [1.29, 1.82) is 0 Å². The highest BCUT2D eigenvalue weighted by Crippen LogP contribution is 2.42.